The van der Waals surface area contributed by atoms with Crippen molar-refractivity contribution in [1.29, 1.82) is 0 Å². The lowest BCUT2D eigenvalue weighted by atomic mass is 10.1. The summed E-state index contributed by atoms with van der Waals surface area (Å²) in [6.07, 6.45) is 0. The van der Waals surface area contributed by atoms with Crippen molar-refractivity contribution in [2.24, 2.45) is 0 Å². The second-order valence-corrected chi connectivity index (χ2v) is 5.99. The monoisotopic (exact) mass is 310 g/mol. The average Bonchev–Trinajstić information content (AvgIpc) is 2.43. The molecule has 78 valence electrons. The zero-order valence-electron chi connectivity index (χ0n) is 9.34. The van der Waals surface area contributed by atoms with Crippen molar-refractivity contribution in [3.05, 3.63) is 47.0 Å². The Labute approximate surface area is 105 Å². The maximum absolute atomic E-state index is 2.47. The number of rotatable bonds is 1. The van der Waals surface area contributed by atoms with Gasteiger partial charge in [-0.05, 0) is 54.7 Å². The van der Waals surface area contributed by atoms with E-state index >= 15 is 0 Å². The van der Waals surface area contributed by atoms with Gasteiger partial charge in [0, 0.05) is 3.92 Å². The molecule has 0 N–H and O–H groups in total. The Morgan fingerprint density at radius 1 is 0.933 bits per heavy atom. The Morgan fingerprint density at radius 3 is 2.20 bits per heavy atom. The van der Waals surface area contributed by atoms with Crippen LogP contribution < -0.4 is 0 Å². The van der Waals surface area contributed by atoms with Crippen molar-refractivity contribution in [3.8, 4) is 11.1 Å². The summed E-state index contributed by atoms with van der Waals surface area (Å²) in [5.41, 5.74) is 6.93. The van der Waals surface area contributed by atoms with Crippen LogP contribution >= 0.6 is 22.6 Å². The first-order valence-corrected chi connectivity index (χ1v) is 6.48. The zero-order chi connectivity index (χ0) is 11.0. The molecule has 0 amide bonds. The van der Waals surface area contributed by atoms with Crippen LogP contribution in [-0.2, 0) is 0 Å². The fraction of sp³-hybridized carbons (Fsp3) is 0.286. The smallest absolute Gasteiger partial charge is 0.0331 e. The topological polar surface area (TPSA) is 0 Å². The van der Waals surface area contributed by atoms with Gasteiger partial charge in [0.2, 0.25) is 0 Å². The van der Waals surface area contributed by atoms with E-state index in [1.165, 1.54) is 27.8 Å². The summed E-state index contributed by atoms with van der Waals surface area (Å²) >= 11 is 2.47. The molecule has 1 heteroatoms. The summed E-state index contributed by atoms with van der Waals surface area (Å²) in [6, 6.07) is 11.2. The molecule has 0 saturated carbocycles. The van der Waals surface area contributed by atoms with Crippen molar-refractivity contribution in [1.82, 2.24) is 0 Å². The molecule has 0 aliphatic heterocycles. The summed E-state index contributed by atoms with van der Waals surface area (Å²) in [4.78, 5) is 0. The summed E-state index contributed by atoms with van der Waals surface area (Å²) in [5.74, 6) is 0. The summed E-state index contributed by atoms with van der Waals surface area (Å²) in [5, 5.41) is 0. The fourth-order valence-electron chi connectivity index (χ4n) is 1.91. The van der Waals surface area contributed by atoms with Gasteiger partial charge in [0.15, 0.2) is 0 Å². The van der Waals surface area contributed by atoms with Crippen molar-refractivity contribution in [2.75, 3.05) is 0 Å². The first-order valence-electron chi connectivity index (χ1n) is 5.23. The highest BCUT2D eigenvalue weighted by Gasteiger charge is 2.09. The predicted molar refractivity (Wildman–Crippen MR) is 75.0 cm³/mol. The molecular weight excluding hydrogens is 295 g/mol. The lowest BCUT2D eigenvalue weighted by molar-refractivity contribution is 1.15. The standard InChI is InChI=1S/C14H15I/c1-9-4-6-12(11(3)15)8-14-10(2)5-7-13(9)14/h4-8,11H,1-3H3. The van der Waals surface area contributed by atoms with Crippen LogP contribution in [0.25, 0.3) is 11.1 Å². The number of hydrogen-bond donors (Lipinski definition) is 0. The molecule has 0 fully saturated rings. The second kappa shape index (κ2) is 4.12. The average molecular weight is 310 g/mol. The van der Waals surface area contributed by atoms with E-state index in [0.29, 0.717) is 3.92 Å². The molecule has 2 aliphatic carbocycles. The molecule has 15 heavy (non-hydrogen) atoms. The van der Waals surface area contributed by atoms with Crippen molar-refractivity contribution < 1.29 is 0 Å². The highest BCUT2D eigenvalue weighted by molar-refractivity contribution is 14.1. The second-order valence-electron chi connectivity index (χ2n) is 4.12. The third-order valence-electron chi connectivity index (χ3n) is 2.94. The molecule has 0 spiro atoms. The molecule has 1 unspecified atom stereocenters. The van der Waals surface area contributed by atoms with Crippen LogP contribution in [0.2, 0.25) is 0 Å². The van der Waals surface area contributed by atoms with Crippen LogP contribution in [0.1, 0.15) is 27.5 Å². The third-order valence-corrected chi connectivity index (χ3v) is 3.66. The van der Waals surface area contributed by atoms with Gasteiger partial charge >= 0.3 is 0 Å². The number of alkyl halides is 1. The van der Waals surface area contributed by atoms with E-state index in [1.54, 1.807) is 0 Å². The van der Waals surface area contributed by atoms with Crippen LogP contribution in [0.15, 0.2) is 30.3 Å². The molecule has 0 aromatic heterocycles. The molecule has 0 heterocycles. The maximum Gasteiger partial charge on any atom is 0.0331 e. The SMILES string of the molecule is Cc1ccc(C(C)I)cc2c(C)ccc1-2. The van der Waals surface area contributed by atoms with Crippen molar-refractivity contribution in [2.45, 2.75) is 24.7 Å². The number of hydrogen-bond acceptors (Lipinski definition) is 0. The van der Waals surface area contributed by atoms with E-state index in [0.717, 1.165) is 0 Å². The minimum atomic E-state index is 0.562. The molecule has 2 aliphatic rings. The molecular formula is C14H15I. The molecule has 0 aromatic rings. The number of halogens is 1. The molecule has 0 aromatic carbocycles. The van der Waals surface area contributed by atoms with Crippen LogP contribution in [0.3, 0.4) is 0 Å². The van der Waals surface area contributed by atoms with E-state index in [9.17, 15) is 0 Å². The molecule has 0 nitrogen and oxygen atoms in total. The first-order chi connectivity index (χ1) is 7.09. The Bertz CT molecular complexity index is 457. The lowest BCUT2D eigenvalue weighted by Gasteiger charge is -2.02. The van der Waals surface area contributed by atoms with E-state index in [1.807, 2.05) is 0 Å². The van der Waals surface area contributed by atoms with Gasteiger partial charge in [-0.15, -0.1) is 0 Å². The van der Waals surface area contributed by atoms with Crippen LogP contribution in [0.4, 0.5) is 0 Å². The van der Waals surface area contributed by atoms with Crippen molar-refractivity contribution in [3.63, 3.8) is 0 Å². The summed E-state index contributed by atoms with van der Waals surface area (Å²) < 4.78 is 0.562. The third kappa shape index (κ3) is 2.03. The molecule has 0 saturated heterocycles. The zero-order valence-corrected chi connectivity index (χ0v) is 11.5. The lowest BCUT2D eigenvalue weighted by Crippen LogP contribution is -1.80. The van der Waals surface area contributed by atoms with Crippen LogP contribution in [0, 0.1) is 13.8 Å². The van der Waals surface area contributed by atoms with E-state index < -0.39 is 0 Å². The van der Waals surface area contributed by atoms with Gasteiger partial charge in [-0.1, -0.05) is 46.9 Å². The minimum absolute atomic E-state index is 0.562. The van der Waals surface area contributed by atoms with Crippen LogP contribution in [0.5, 0.6) is 0 Å². The molecule has 2 rings (SSSR count). The Morgan fingerprint density at radius 2 is 1.53 bits per heavy atom. The summed E-state index contributed by atoms with van der Waals surface area (Å²) in [7, 11) is 0. The van der Waals surface area contributed by atoms with E-state index in [4.69, 9.17) is 0 Å². The van der Waals surface area contributed by atoms with E-state index in [-0.39, 0.29) is 0 Å². The predicted octanol–water partition coefficient (Wildman–Crippen LogP) is 4.90. The number of aryl methyl sites for hydroxylation is 2. The largest absolute Gasteiger partial charge is 0.0777 e. The maximum atomic E-state index is 2.47. The van der Waals surface area contributed by atoms with Crippen LogP contribution in [-0.4, -0.2) is 0 Å². The molecule has 0 bridgehead atoms. The molecule has 1 atom stereocenters. The highest BCUT2D eigenvalue weighted by atomic mass is 127. The highest BCUT2D eigenvalue weighted by Crippen LogP contribution is 2.33. The van der Waals surface area contributed by atoms with E-state index in [2.05, 4.69) is 73.7 Å². The Hall–Kier alpha value is -0.570. The van der Waals surface area contributed by atoms with Gasteiger partial charge < -0.3 is 0 Å². The van der Waals surface area contributed by atoms with Gasteiger partial charge in [-0.3, -0.25) is 0 Å². The summed E-state index contributed by atoms with van der Waals surface area (Å²) in [6.45, 7) is 6.60. The quantitative estimate of drug-likeness (QED) is 0.519. The molecule has 0 radical (unpaired) electrons. The number of fused-ring (bicyclic) bond motifs is 1. The van der Waals surface area contributed by atoms with Crippen molar-refractivity contribution >= 4 is 22.6 Å². The van der Waals surface area contributed by atoms with Gasteiger partial charge in [0.25, 0.3) is 0 Å². The normalized spacial score (nSPS) is 13.1. The van der Waals surface area contributed by atoms with Gasteiger partial charge in [0.1, 0.15) is 0 Å². The Balaban J connectivity index is 2.71. The minimum Gasteiger partial charge on any atom is -0.0777 e. The van der Waals surface area contributed by atoms with Gasteiger partial charge in [-0.2, -0.15) is 0 Å². The van der Waals surface area contributed by atoms with Gasteiger partial charge in [0.05, 0.1) is 0 Å². The Kier molecular flexibility index (Phi) is 3.01. The first kappa shape index (κ1) is 10.9. The van der Waals surface area contributed by atoms with Gasteiger partial charge in [-0.25, -0.2) is 0 Å². The fourth-order valence-corrected chi connectivity index (χ4v) is 2.30.